The lowest BCUT2D eigenvalue weighted by Crippen LogP contribution is -2.65. The number of phenols is 1. The minimum Gasteiger partial charge on any atom is -0.508 e. The molecule has 1 amide bonds. The van der Waals surface area contributed by atoms with Crippen LogP contribution in [0.3, 0.4) is 0 Å². The second-order valence-corrected chi connectivity index (χ2v) is 12.3. The Balaban J connectivity index is 1.63. The Hall–Kier alpha value is -3.41. The van der Waals surface area contributed by atoms with Crippen molar-refractivity contribution in [1.29, 1.82) is 0 Å². The van der Waals surface area contributed by atoms with Crippen molar-refractivity contribution in [2.24, 2.45) is 17.6 Å². The number of carbonyl (C=O) groups excluding carboxylic acids is 3. The molecule has 42 heavy (non-hydrogen) atoms. The SMILES string of the molecule is CCN(Cc1cc(O)c2c(c1OC)C[C@H]1C[C@H]3[C@H](N(C)C)C(=O)C(C(N)=O)=C(O)[C@@]3(O)C(=O)C1=C2O)C1CCCCC1. The molecule has 5 rings (SSSR count). The third-order valence-electron chi connectivity index (χ3n) is 9.82. The smallest absolute Gasteiger partial charge is 0.255 e. The highest BCUT2D eigenvalue weighted by atomic mass is 16.5. The third kappa shape index (κ3) is 4.40. The Morgan fingerprint density at radius 2 is 1.81 bits per heavy atom. The van der Waals surface area contributed by atoms with Crippen molar-refractivity contribution in [2.75, 3.05) is 27.7 Å². The van der Waals surface area contributed by atoms with Gasteiger partial charge in [-0.2, -0.15) is 0 Å². The number of ketones is 2. The molecule has 228 valence electrons. The van der Waals surface area contributed by atoms with Crippen LogP contribution >= 0.6 is 0 Å². The summed E-state index contributed by atoms with van der Waals surface area (Å²) in [7, 11) is 4.68. The lowest BCUT2D eigenvalue weighted by atomic mass is 9.57. The van der Waals surface area contributed by atoms with Crippen molar-refractivity contribution in [3.8, 4) is 11.5 Å². The van der Waals surface area contributed by atoms with Gasteiger partial charge < -0.3 is 30.9 Å². The Morgan fingerprint density at radius 1 is 1.14 bits per heavy atom. The number of ether oxygens (including phenoxy) is 1. The number of Topliss-reactive ketones (excluding diaryl/α,β-unsaturated/α-hetero) is 2. The molecule has 0 bridgehead atoms. The number of benzene rings is 1. The van der Waals surface area contributed by atoms with E-state index in [1.54, 1.807) is 20.2 Å². The first kappa shape index (κ1) is 30.1. The molecule has 6 N–H and O–H groups in total. The van der Waals surface area contributed by atoms with E-state index in [1.807, 2.05) is 0 Å². The van der Waals surface area contributed by atoms with E-state index in [0.717, 1.165) is 24.9 Å². The van der Waals surface area contributed by atoms with E-state index in [4.69, 9.17) is 10.5 Å². The zero-order valence-electron chi connectivity index (χ0n) is 24.6. The van der Waals surface area contributed by atoms with Crippen molar-refractivity contribution in [3.05, 3.63) is 39.7 Å². The number of primary amides is 1. The summed E-state index contributed by atoms with van der Waals surface area (Å²) in [4.78, 5) is 43.3. The molecule has 0 spiro atoms. The minimum atomic E-state index is -2.66. The first-order chi connectivity index (χ1) is 19.9. The predicted octanol–water partition coefficient (Wildman–Crippen LogP) is 2.13. The molecule has 4 atom stereocenters. The normalized spacial score (nSPS) is 28.2. The van der Waals surface area contributed by atoms with Gasteiger partial charge in [0.2, 0.25) is 5.78 Å². The number of aliphatic hydroxyl groups is 3. The number of carbonyl (C=O) groups is 3. The molecule has 1 aromatic carbocycles. The largest absolute Gasteiger partial charge is 0.508 e. The summed E-state index contributed by atoms with van der Waals surface area (Å²) in [5.74, 6) is -6.18. The number of likely N-dealkylation sites (N-methyl/N-ethyl adjacent to an activating group) is 1. The fourth-order valence-electron chi connectivity index (χ4n) is 7.89. The quantitative estimate of drug-likeness (QED) is 0.299. The Bertz CT molecular complexity index is 1390. The van der Waals surface area contributed by atoms with Crippen LogP contribution in [0.1, 0.15) is 62.1 Å². The lowest BCUT2D eigenvalue weighted by Gasteiger charge is -2.50. The summed E-state index contributed by atoms with van der Waals surface area (Å²) in [6.45, 7) is 3.47. The maximum absolute atomic E-state index is 14.0. The Labute approximate surface area is 245 Å². The standard InChI is InChI=1S/C31H41N3O8/c1-5-34(17-9-7-6-8-10-17)14-16-13-20(35)22-18(27(16)42-4)11-15-12-19-24(33(2)3)26(37)23(30(32)40)29(39)31(19,41)28(38)21(15)25(22)36/h13,15,17,19,24,35-36,39,41H,5-12,14H2,1-4H3,(H2,32,40)/t15-,19-,24-,31-/m0/s1. The van der Waals surface area contributed by atoms with Gasteiger partial charge in [0.1, 0.15) is 28.6 Å². The number of aromatic hydroxyl groups is 1. The highest BCUT2D eigenvalue weighted by Crippen LogP contribution is 2.54. The maximum Gasteiger partial charge on any atom is 0.255 e. The number of aliphatic hydroxyl groups excluding tert-OH is 2. The van der Waals surface area contributed by atoms with Gasteiger partial charge in [-0.3, -0.25) is 24.2 Å². The van der Waals surface area contributed by atoms with E-state index in [0.29, 0.717) is 23.9 Å². The van der Waals surface area contributed by atoms with Crippen LogP contribution in [0.15, 0.2) is 23.0 Å². The van der Waals surface area contributed by atoms with E-state index < -0.39 is 58.0 Å². The van der Waals surface area contributed by atoms with E-state index in [-0.39, 0.29) is 29.7 Å². The molecule has 2 fully saturated rings. The van der Waals surface area contributed by atoms with Gasteiger partial charge in [-0.05, 0) is 58.3 Å². The summed E-state index contributed by atoms with van der Waals surface area (Å²) in [5.41, 5.74) is 3.06. The molecular formula is C31H41N3O8. The summed E-state index contributed by atoms with van der Waals surface area (Å²) in [6.07, 6.45) is 6.04. The molecule has 0 unspecified atom stereocenters. The highest BCUT2D eigenvalue weighted by molar-refractivity contribution is 6.24. The number of amides is 1. The first-order valence-electron chi connectivity index (χ1n) is 14.7. The second kappa shape index (κ2) is 11.0. The first-order valence-corrected chi connectivity index (χ1v) is 14.7. The summed E-state index contributed by atoms with van der Waals surface area (Å²) < 4.78 is 5.88. The van der Waals surface area contributed by atoms with E-state index in [2.05, 4.69) is 11.8 Å². The van der Waals surface area contributed by atoms with Gasteiger partial charge in [-0.25, -0.2) is 0 Å². The summed E-state index contributed by atoms with van der Waals surface area (Å²) in [5, 5.41) is 45.5. The van der Waals surface area contributed by atoms with Crippen LogP contribution in [0.5, 0.6) is 11.5 Å². The number of phenolic OH excluding ortho intramolecular Hbond substituents is 1. The van der Waals surface area contributed by atoms with Crippen LogP contribution in [0.4, 0.5) is 0 Å². The highest BCUT2D eigenvalue weighted by Gasteiger charge is 2.64. The van der Waals surface area contributed by atoms with Gasteiger partial charge in [0.25, 0.3) is 5.91 Å². The number of methoxy groups -OCH3 is 1. The summed E-state index contributed by atoms with van der Waals surface area (Å²) >= 11 is 0. The van der Waals surface area contributed by atoms with Gasteiger partial charge in [0.15, 0.2) is 11.4 Å². The van der Waals surface area contributed by atoms with Gasteiger partial charge in [-0.1, -0.05) is 26.2 Å². The molecule has 4 aliphatic carbocycles. The fourth-order valence-corrected chi connectivity index (χ4v) is 7.89. The van der Waals surface area contributed by atoms with E-state index in [9.17, 15) is 34.8 Å². The van der Waals surface area contributed by atoms with Gasteiger partial charge in [0, 0.05) is 35.2 Å². The molecule has 11 nitrogen and oxygen atoms in total. The van der Waals surface area contributed by atoms with Gasteiger partial charge in [0.05, 0.1) is 18.7 Å². The Kier molecular flexibility index (Phi) is 7.88. The number of hydrogen-bond acceptors (Lipinski definition) is 10. The molecule has 0 heterocycles. The Morgan fingerprint density at radius 3 is 2.38 bits per heavy atom. The van der Waals surface area contributed by atoms with Crippen molar-refractivity contribution >= 4 is 23.2 Å². The average Bonchev–Trinajstić information content (AvgIpc) is 2.93. The number of fused-ring (bicyclic) bond motifs is 3. The number of nitrogens with zero attached hydrogens (tertiary/aromatic N) is 2. The second-order valence-electron chi connectivity index (χ2n) is 12.3. The molecule has 11 heteroatoms. The van der Waals surface area contributed by atoms with Crippen LogP contribution in [-0.4, -0.2) is 93.1 Å². The van der Waals surface area contributed by atoms with Crippen LogP contribution in [-0.2, 0) is 27.3 Å². The van der Waals surface area contributed by atoms with Gasteiger partial charge in [-0.15, -0.1) is 0 Å². The van der Waals surface area contributed by atoms with E-state index in [1.165, 1.54) is 31.3 Å². The van der Waals surface area contributed by atoms with Crippen molar-refractivity contribution in [3.63, 3.8) is 0 Å². The lowest BCUT2D eigenvalue weighted by molar-refractivity contribution is -0.153. The van der Waals surface area contributed by atoms with E-state index >= 15 is 0 Å². The number of nitrogens with two attached hydrogens (primary N) is 1. The molecular weight excluding hydrogens is 542 g/mol. The van der Waals surface area contributed by atoms with Crippen LogP contribution in [0.25, 0.3) is 5.76 Å². The minimum absolute atomic E-state index is 0.0308. The van der Waals surface area contributed by atoms with Crippen molar-refractivity contribution < 1.29 is 39.5 Å². The van der Waals surface area contributed by atoms with Crippen molar-refractivity contribution in [1.82, 2.24) is 9.80 Å². The molecule has 0 radical (unpaired) electrons. The molecule has 2 saturated carbocycles. The van der Waals surface area contributed by atoms with Crippen LogP contribution < -0.4 is 10.5 Å². The zero-order chi connectivity index (χ0) is 30.7. The third-order valence-corrected chi connectivity index (χ3v) is 9.82. The van der Waals surface area contributed by atoms with Crippen LogP contribution in [0, 0.1) is 11.8 Å². The number of rotatable bonds is 7. The van der Waals surface area contributed by atoms with Crippen LogP contribution in [0.2, 0.25) is 0 Å². The molecule has 4 aliphatic rings. The zero-order valence-corrected chi connectivity index (χ0v) is 24.6. The fraction of sp³-hybridized carbons (Fsp3) is 0.581. The number of hydrogen-bond donors (Lipinski definition) is 5. The summed E-state index contributed by atoms with van der Waals surface area (Å²) in [6, 6.07) is 0.852. The molecule has 0 saturated heterocycles. The molecule has 0 aromatic heterocycles. The monoisotopic (exact) mass is 583 g/mol. The average molecular weight is 584 g/mol. The molecule has 1 aromatic rings. The predicted molar refractivity (Wildman–Crippen MR) is 154 cm³/mol. The topological polar surface area (TPSA) is 174 Å². The van der Waals surface area contributed by atoms with Crippen molar-refractivity contribution in [2.45, 2.75) is 76.1 Å². The molecule has 0 aliphatic heterocycles. The maximum atomic E-state index is 14.0. The van der Waals surface area contributed by atoms with Gasteiger partial charge >= 0.3 is 0 Å².